The number of rotatable bonds is 6. The third-order valence-electron chi connectivity index (χ3n) is 5.00. The average molecular weight is 446 g/mol. The number of nitrogens with zero attached hydrogens (tertiary/aromatic N) is 1. The van der Waals surface area contributed by atoms with Crippen LogP contribution in [0.4, 0.5) is 0 Å². The Morgan fingerprint density at radius 3 is 2.19 bits per heavy atom. The zero-order valence-corrected chi connectivity index (χ0v) is 18.4. The first-order valence-electron chi connectivity index (χ1n) is 10.1. The molecule has 1 heterocycles. The van der Waals surface area contributed by atoms with Crippen LogP contribution in [-0.2, 0) is 30.9 Å². The fraction of sp³-hybridized carbons (Fsp3) is 0.364. The lowest BCUT2D eigenvalue weighted by Gasteiger charge is -2.34. The Labute approximate surface area is 182 Å². The van der Waals surface area contributed by atoms with Crippen LogP contribution in [0.1, 0.15) is 23.1 Å². The number of aryl methyl sites for hydroxylation is 2. The minimum atomic E-state index is -3.79. The molecule has 0 saturated carbocycles. The van der Waals surface area contributed by atoms with Gasteiger partial charge in [0.25, 0.3) is 0 Å². The smallest absolute Gasteiger partial charge is 0.309 e. The second-order valence-electron chi connectivity index (χ2n) is 7.49. The number of hydrogen-bond donors (Lipinski definition) is 2. The van der Waals surface area contributed by atoms with E-state index >= 15 is 0 Å². The summed E-state index contributed by atoms with van der Waals surface area (Å²) in [6.45, 7) is 4.59. The Morgan fingerprint density at radius 2 is 1.55 bits per heavy atom. The van der Waals surface area contributed by atoms with Gasteiger partial charge in [0, 0.05) is 13.1 Å². The first-order chi connectivity index (χ1) is 14.8. The molecule has 0 aliphatic carbocycles. The van der Waals surface area contributed by atoms with Crippen molar-refractivity contribution in [1.29, 1.82) is 0 Å². The molecule has 8 nitrogen and oxygen atoms in total. The first kappa shape index (κ1) is 22.9. The summed E-state index contributed by atoms with van der Waals surface area (Å²) in [5.41, 5.74) is 2.93. The number of hydrogen-bond acceptors (Lipinski definition) is 5. The highest BCUT2D eigenvalue weighted by Gasteiger charge is 2.34. The number of ether oxygens (including phenoxy) is 1. The minimum Gasteiger partial charge on any atom is -0.360 e. The molecule has 166 valence electrons. The molecule has 0 spiro atoms. The molecule has 0 aromatic heterocycles. The van der Waals surface area contributed by atoms with Gasteiger partial charge < -0.3 is 15.4 Å². The van der Waals surface area contributed by atoms with Crippen LogP contribution in [0.15, 0.2) is 53.4 Å². The Kier molecular flexibility index (Phi) is 7.42. The highest BCUT2D eigenvalue weighted by Crippen LogP contribution is 2.22. The minimum absolute atomic E-state index is 0.123. The van der Waals surface area contributed by atoms with E-state index in [1.807, 2.05) is 38.1 Å². The van der Waals surface area contributed by atoms with Gasteiger partial charge in [-0.1, -0.05) is 47.5 Å². The fourth-order valence-electron chi connectivity index (χ4n) is 3.18. The van der Waals surface area contributed by atoms with Gasteiger partial charge in [-0.15, -0.1) is 0 Å². The Balaban J connectivity index is 1.58. The number of carbonyl (C=O) groups excluding carboxylic acids is 2. The highest BCUT2D eigenvalue weighted by atomic mass is 32.2. The maximum Gasteiger partial charge on any atom is 0.309 e. The van der Waals surface area contributed by atoms with Crippen molar-refractivity contribution in [2.24, 2.45) is 0 Å². The van der Waals surface area contributed by atoms with Crippen molar-refractivity contribution < 1.29 is 22.7 Å². The predicted molar refractivity (Wildman–Crippen MR) is 115 cm³/mol. The molecule has 2 amide bonds. The average Bonchev–Trinajstić information content (AvgIpc) is 2.77. The Bertz CT molecular complexity index is 1020. The quantitative estimate of drug-likeness (QED) is 0.656. The first-order valence-corrected chi connectivity index (χ1v) is 11.5. The van der Waals surface area contributed by atoms with Gasteiger partial charge in [0.05, 0.1) is 18.0 Å². The summed E-state index contributed by atoms with van der Waals surface area (Å²) in [6.07, 6.45) is -0.332. The van der Waals surface area contributed by atoms with Gasteiger partial charge in [-0.3, -0.25) is 9.59 Å². The summed E-state index contributed by atoms with van der Waals surface area (Å²) in [7, 11) is -3.79. The summed E-state index contributed by atoms with van der Waals surface area (Å²) in [4.78, 5) is 24.4. The van der Waals surface area contributed by atoms with Crippen LogP contribution in [0.2, 0.25) is 0 Å². The normalized spacial score (nSPS) is 17.2. The monoisotopic (exact) mass is 445 g/mol. The SMILES string of the molecule is Cc1ccc(CNC(=O)C(=O)NCC2OCCCN2S(=O)(=O)c2ccc(C)cc2)cc1. The number of benzene rings is 2. The number of amides is 2. The van der Waals surface area contributed by atoms with E-state index in [1.165, 1.54) is 4.31 Å². The van der Waals surface area contributed by atoms with Gasteiger partial charge in [-0.2, -0.15) is 4.31 Å². The van der Waals surface area contributed by atoms with Gasteiger partial charge in [0.2, 0.25) is 10.0 Å². The molecule has 9 heteroatoms. The lowest BCUT2D eigenvalue weighted by molar-refractivity contribution is -0.140. The molecule has 1 aliphatic heterocycles. The molecule has 1 saturated heterocycles. The summed E-state index contributed by atoms with van der Waals surface area (Å²) < 4.78 is 32.9. The molecule has 0 radical (unpaired) electrons. The van der Waals surface area contributed by atoms with Crippen molar-refractivity contribution in [2.75, 3.05) is 19.7 Å². The molecular weight excluding hydrogens is 418 g/mol. The molecular formula is C22H27N3O5S. The van der Waals surface area contributed by atoms with Crippen molar-refractivity contribution in [3.05, 3.63) is 65.2 Å². The molecule has 2 aromatic carbocycles. The van der Waals surface area contributed by atoms with Gasteiger partial charge in [-0.05, 0) is 38.0 Å². The van der Waals surface area contributed by atoms with E-state index in [0.717, 1.165) is 16.7 Å². The third kappa shape index (κ3) is 5.90. The Hall–Kier alpha value is -2.75. The van der Waals surface area contributed by atoms with Gasteiger partial charge in [0.1, 0.15) is 6.23 Å². The maximum atomic E-state index is 13.0. The standard InChI is InChI=1S/C22H27N3O5S/c1-16-4-8-18(9-5-16)14-23-21(26)22(27)24-15-20-25(12-3-13-30-20)31(28,29)19-10-6-17(2)7-11-19/h4-11,20H,3,12-15H2,1-2H3,(H,23,26)(H,24,27). The Morgan fingerprint density at radius 1 is 0.968 bits per heavy atom. The van der Waals surface area contributed by atoms with E-state index in [-0.39, 0.29) is 24.5 Å². The molecule has 1 fully saturated rings. The van der Waals surface area contributed by atoms with Crippen LogP contribution < -0.4 is 10.6 Å². The highest BCUT2D eigenvalue weighted by molar-refractivity contribution is 7.89. The van der Waals surface area contributed by atoms with Crippen LogP contribution in [0.3, 0.4) is 0 Å². The number of nitrogens with one attached hydrogen (secondary N) is 2. The zero-order valence-electron chi connectivity index (χ0n) is 17.6. The molecule has 1 unspecified atom stereocenters. The molecule has 3 rings (SSSR count). The van der Waals surface area contributed by atoms with Crippen molar-refractivity contribution in [2.45, 2.75) is 37.9 Å². The zero-order chi connectivity index (χ0) is 22.4. The van der Waals surface area contributed by atoms with E-state index < -0.39 is 28.1 Å². The molecule has 1 aliphatic rings. The third-order valence-corrected chi connectivity index (χ3v) is 6.90. The maximum absolute atomic E-state index is 13.0. The largest absolute Gasteiger partial charge is 0.360 e. The van der Waals surface area contributed by atoms with Crippen LogP contribution >= 0.6 is 0 Å². The van der Waals surface area contributed by atoms with Gasteiger partial charge >= 0.3 is 11.8 Å². The van der Waals surface area contributed by atoms with Crippen molar-refractivity contribution in [1.82, 2.24) is 14.9 Å². The lowest BCUT2D eigenvalue weighted by atomic mass is 10.1. The second-order valence-corrected chi connectivity index (χ2v) is 9.38. The fourth-order valence-corrected chi connectivity index (χ4v) is 4.74. The molecule has 2 N–H and O–H groups in total. The van der Waals surface area contributed by atoms with Crippen molar-refractivity contribution in [3.8, 4) is 0 Å². The predicted octanol–water partition coefficient (Wildman–Crippen LogP) is 1.47. The topological polar surface area (TPSA) is 105 Å². The van der Waals surface area contributed by atoms with Crippen LogP contribution in [-0.4, -0.2) is 50.5 Å². The number of carbonyl (C=O) groups is 2. The van der Waals surface area contributed by atoms with E-state index in [4.69, 9.17) is 4.74 Å². The summed E-state index contributed by atoms with van der Waals surface area (Å²) >= 11 is 0. The lowest BCUT2D eigenvalue weighted by Crippen LogP contribution is -2.53. The molecule has 2 aromatic rings. The van der Waals surface area contributed by atoms with Gasteiger partial charge in [-0.25, -0.2) is 8.42 Å². The van der Waals surface area contributed by atoms with Crippen molar-refractivity contribution >= 4 is 21.8 Å². The molecule has 31 heavy (non-hydrogen) atoms. The van der Waals surface area contributed by atoms with E-state index in [0.29, 0.717) is 13.0 Å². The molecule has 0 bridgehead atoms. The van der Waals surface area contributed by atoms with E-state index in [2.05, 4.69) is 10.6 Å². The van der Waals surface area contributed by atoms with Gasteiger partial charge in [0.15, 0.2) is 0 Å². The van der Waals surface area contributed by atoms with Crippen LogP contribution in [0.5, 0.6) is 0 Å². The van der Waals surface area contributed by atoms with Crippen LogP contribution in [0, 0.1) is 13.8 Å². The van der Waals surface area contributed by atoms with E-state index in [9.17, 15) is 18.0 Å². The van der Waals surface area contributed by atoms with Crippen molar-refractivity contribution in [3.63, 3.8) is 0 Å². The van der Waals surface area contributed by atoms with Crippen LogP contribution in [0.25, 0.3) is 0 Å². The van der Waals surface area contributed by atoms with E-state index in [1.54, 1.807) is 24.3 Å². The second kappa shape index (κ2) is 10.0. The summed E-state index contributed by atoms with van der Waals surface area (Å²) in [6, 6.07) is 14.1. The summed E-state index contributed by atoms with van der Waals surface area (Å²) in [5.74, 6) is -1.63. The summed E-state index contributed by atoms with van der Waals surface area (Å²) in [5, 5.41) is 5.03. The number of sulfonamides is 1. The molecule has 1 atom stereocenters.